The molecule has 1 aliphatic heterocycles. The molecule has 0 bridgehead atoms. The Kier molecular flexibility index (Phi) is 11.6. The Morgan fingerprint density at radius 1 is 1.05 bits per heavy atom. The first-order chi connectivity index (χ1) is 18.2. The summed E-state index contributed by atoms with van der Waals surface area (Å²) in [6.07, 6.45) is -3.90. The molecule has 0 amide bonds. The number of carboxylic acids is 2. The Balaban J connectivity index is 0.000000317. The van der Waals surface area contributed by atoms with Gasteiger partial charge in [-0.3, -0.25) is 14.9 Å². The van der Waals surface area contributed by atoms with Crippen LogP contribution in [0.3, 0.4) is 0 Å². The van der Waals surface area contributed by atoms with Crippen molar-refractivity contribution in [2.45, 2.75) is 63.5 Å². The van der Waals surface area contributed by atoms with E-state index in [1.165, 1.54) is 5.56 Å². The van der Waals surface area contributed by atoms with E-state index in [-0.39, 0.29) is 12.2 Å². The average molecular weight is 567 g/mol. The second-order valence-corrected chi connectivity index (χ2v) is 8.54. The monoisotopic (exact) mass is 567 g/mol. The highest BCUT2D eigenvalue weighted by Gasteiger charge is 2.43. The lowest BCUT2D eigenvalue weighted by Crippen LogP contribution is -2.51. The fourth-order valence-electron chi connectivity index (χ4n) is 3.96. The van der Waals surface area contributed by atoms with Gasteiger partial charge in [0.1, 0.15) is 0 Å². The Morgan fingerprint density at radius 2 is 1.69 bits per heavy atom. The highest BCUT2D eigenvalue weighted by Crippen LogP contribution is 2.33. The number of aliphatic carboxylic acids is 2. The summed E-state index contributed by atoms with van der Waals surface area (Å²) in [6, 6.07) is 10.6. The van der Waals surface area contributed by atoms with Crippen LogP contribution in [0.1, 0.15) is 29.8 Å². The molecule has 0 radical (unpaired) electrons. The highest BCUT2D eigenvalue weighted by atomic mass is 19.4. The summed E-state index contributed by atoms with van der Waals surface area (Å²) in [5, 5.41) is 14.2. The number of halogens is 6. The molecule has 0 unspecified atom stereocenters. The summed E-state index contributed by atoms with van der Waals surface area (Å²) in [6.45, 7) is 5.24. The summed E-state index contributed by atoms with van der Waals surface area (Å²) in [4.78, 5) is 29.1. The lowest BCUT2D eigenvalue weighted by molar-refractivity contribution is -0.193. The molecule has 1 saturated heterocycles. The van der Waals surface area contributed by atoms with E-state index in [1.54, 1.807) is 0 Å². The van der Waals surface area contributed by atoms with Gasteiger partial charge in [0.2, 0.25) is 0 Å². The van der Waals surface area contributed by atoms with Gasteiger partial charge >= 0.3 is 24.3 Å². The number of carboxylic acid groups (broad SMARTS) is 2. The smallest absolute Gasteiger partial charge is 0.475 e. The number of morpholine rings is 1. The number of ether oxygens (including phenoxy) is 2. The molecule has 1 saturated carbocycles. The quantitative estimate of drug-likeness (QED) is 0.517. The van der Waals surface area contributed by atoms with Gasteiger partial charge in [-0.1, -0.05) is 12.1 Å². The van der Waals surface area contributed by atoms with Crippen LogP contribution in [0.25, 0.3) is 0 Å². The third-order valence-electron chi connectivity index (χ3n) is 5.64. The molecule has 2 aromatic rings. The Labute approximate surface area is 219 Å². The van der Waals surface area contributed by atoms with Crippen LogP contribution < -0.4 is 0 Å². The van der Waals surface area contributed by atoms with Crippen LogP contribution in [0.5, 0.6) is 0 Å². The summed E-state index contributed by atoms with van der Waals surface area (Å²) in [5.74, 6) is -5.51. The van der Waals surface area contributed by atoms with E-state index in [9.17, 15) is 26.3 Å². The number of pyridine rings is 2. The molecular weight excluding hydrogens is 540 g/mol. The number of nitrogens with zero attached hydrogens (tertiary/aromatic N) is 3. The minimum absolute atomic E-state index is 0.156. The van der Waals surface area contributed by atoms with Crippen molar-refractivity contribution in [3.63, 3.8) is 0 Å². The van der Waals surface area contributed by atoms with E-state index in [4.69, 9.17) is 29.3 Å². The molecule has 2 aromatic heterocycles. The van der Waals surface area contributed by atoms with Crippen LogP contribution >= 0.6 is 0 Å². The lowest BCUT2D eigenvalue weighted by atomic mass is 10.1. The average Bonchev–Trinajstić information content (AvgIpc) is 3.27. The topological polar surface area (TPSA) is 122 Å². The number of aryl methyl sites for hydroxylation is 1. The van der Waals surface area contributed by atoms with E-state index in [0.717, 1.165) is 43.9 Å². The molecule has 3 atom stereocenters. The molecule has 3 heterocycles. The summed E-state index contributed by atoms with van der Waals surface area (Å²) in [5.41, 5.74) is 3.28. The van der Waals surface area contributed by atoms with Gasteiger partial charge in [-0.05, 0) is 43.5 Å². The first-order valence-electron chi connectivity index (χ1n) is 11.6. The van der Waals surface area contributed by atoms with Gasteiger partial charge in [0.25, 0.3) is 0 Å². The van der Waals surface area contributed by atoms with Crippen molar-refractivity contribution in [2.75, 3.05) is 13.2 Å². The summed E-state index contributed by atoms with van der Waals surface area (Å²) in [7, 11) is 0. The number of fused-ring (bicyclic) bond motifs is 1. The van der Waals surface area contributed by atoms with Crippen molar-refractivity contribution < 1.29 is 55.6 Å². The fourth-order valence-corrected chi connectivity index (χ4v) is 3.96. The zero-order valence-electron chi connectivity index (χ0n) is 20.7. The maximum absolute atomic E-state index is 10.6. The van der Waals surface area contributed by atoms with Crippen LogP contribution in [-0.2, 0) is 32.2 Å². The maximum atomic E-state index is 10.6. The van der Waals surface area contributed by atoms with Crippen molar-refractivity contribution in [3.8, 4) is 0 Å². The normalized spacial score (nSPS) is 21.1. The van der Waals surface area contributed by atoms with Crippen molar-refractivity contribution in [2.24, 2.45) is 0 Å². The van der Waals surface area contributed by atoms with E-state index in [2.05, 4.69) is 20.9 Å². The highest BCUT2D eigenvalue weighted by molar-refractivity contribution is 5.73. The molecule has 216 valence electrons. The summed E-state index contributed by atoms with van der Waals surface area (Å²) >= 11 is 0. The number of carbonyl (C=O) groups is 2. The van der Waals surface area contributed by atoms with E-state index >= 15 is 0 Å². The molecule has 0 aromatic carbocycles. The molecule has 1 aliphatic carbocycles. The Morgan fingerprint density at radius 3 is 2.23 bits per heavy atom. The van der Waals surface area contributed by atoms with E-state index in [1.807, 2.05) is 43.6 Å². The maximum Gasteiger partial charge on any atom is 0.490 e. The van der Waals surface area contributed by atoms with Crippen LogP contribution in [0, 0.1) is 6.92 Å². The van der Waals surface area contributed by atoms with Gasteiger partial charge in [-0.25, -0.2) is 9.59 Å². The van der Waals surface area contributed by atoms with Crippen LogP contribution in [0.2, 0.25) is 0 Å². The number of rotatable bonds is 5. The number of alkyl halides is 6. The molecular formula is C24H27F6N3O6. The second-order valence-electron chi connectivity index (χ2n) is 8.54. The van der Waals surface area contributed by atoms with Crippen LogP contribution in [0.15, 0.2) is 42.7 Å². The minimum atomic E-state index is -5.08. The Hall–Kier alpha value is -3.30. The molecule has 15 heteroatoms. The van der Waals surface area contributed by atoms with Gasteiger partial charge in [0.05, 0.1) is 31.1 Å². The molecule has 39 heavy (non-hydrogen) atoms. The number of hydrogen-bond donors (Lipinski definition) is 2. The van der Waals surface area contributed by atoms with Gasteiger partial charge in [-0.2, -0.15) is 26.3 Å². The predicted octanol–water partition coefficient (Wildman–Crippen LogP) is 4.00. The minimum Gasteiger partial charge on any atom is -0.475 e. The molecule has 2 aliphatic rings. The van der Waals surface area contributed by atoms with Gasteiger partial charge in [-0.15, -0.1) is 0 Å². The first-order valence-corrected chi connectivity index (χ1v) is 11.6. The van der Waals surface area contributed by atoms with Crippen LogP contribution in [-0.4, -0.2) is 80.8 Å². The largest absolute Gasteiger partial charge is 0.490 e. The Bertz CT molecular complexity index is 1050. The van der Waals surface area contributed by atoms with Gasteiger partial charge in [0.15, 0.2) is 0 Å². The molecule has 0 spiro atoms. The number of hydrogen-bond acceptors (Lipinski definition) is 7. The molecule has 2 fully saturated rings. The van der Waals surface area contributed by atoms with Crippen molar-refractivity contribution in [1.82, 2.24) is 14.9 Å². The summed E-state index contributed by atoms with van der Waals surface area (Å²) < 4.78 is 75.7. The van der Waals surface area contributed by atoms with Crippen molar-refractivity contribution >= 4 is 11.9 Å². The third-order valence-corrected chi connectivity index (χ3v) is 5.64. The third kappa shape index (κ3) is 10.8. The molecule has 9 nitrogen and oxygen atoms in total. The first kappa shape index (κ1) is 31.9. The van der Waals surface area contributed by atoms with Crippen molar-refractivity contribution in [1.29, 1.82) is 0 Å². The fraction of sp³-hybridized carbons (Fsp3) is 0.500. The van der Waals surface area contributed by atoms with Gasteiger partial charge < -0.3 is 19.7 Å². The SMILES string of the molecule is Cc1cccc(CO[C@@H]2CC[C@H]3[C@H]2OCCN3Cc2cccnc2)n1.O=C(O)C(F)(F)F.O=C(O)C(F)(F)F. The lowest BCUT2D eigenvalue weighted by Gasteiger charge is -2.39. The zero-order valence-corrected chi connectivity index (χ0v) is 20.7. The van der Waals surface area contributed by atoms with Crippen LogP contribution in [0.4, 0.5) is 26.3 Å². The van der Waals surface area contributed by atoms with Gasteiger partial charge in [0, 0.05) is 37.2 Å². The standard InChI is InChI=1S/C20H25N3O2.2C2HF3O2/c1-15-4-2-6-17(22-15)14-25-19-8-7-18-20(19)24-11-10-23(18)13-16-5-3-9-21-12-16;2*3-2(4,5)1(6)7/h2-6,9,12,18-20H,7-8,10-11,13-14H2,1H3;2*(H,6,7)/t18-,19+,20+;;/m0../s1. The molecule has 2 N–H and O–H groups in total. The van der Waals surface area contributed by atoms with E-state index in [0.29, 0.717) is 12.6 Å². The molecule has 4 rings (SSSR count). The van der Waals surface area contributed by atoms with Crippen molar-refractivity contribution in [3.05, 3.63) is 59.7 Å². The second kappa shape index (κ2) is 14.2. The zero-order chi connectivity index (χ0) is 29.2. The predicted molar refractivity (Wildman–Crippen MR) is 122 cm³/mol. The number of aromatic nitrogens is 2. The van der Waals surface area contributed by atoms with E-state index < -0.39 is 24.3 Å².